The molecule has 1 unspecified atom stereocenters. The first-order valence-electron chi connectivity index (χ1n) is 17.2. The normalized spacial score (nSPS) is 12.2. The van der Waals surface area contributed by atoms with Crippen LogP contribution in [0.5, 0.6) is 5.75 Å². The SMILES string of the molecule is C=CCC(OCc1cc(CCc2cc(O)c3ccc(F)cc3c2)n(C)n1)c1nn(C)c(C)c1-c1c(Cl)ccc2c1c(C)c(C(=O)OC)n2CCCO. The highest BCUT2D eigenvalue weighted by atomic mass is 35.5. The van der Waals surface area contributed by atoms with Crippen LogP contribution in [0.2, 0.25) is 5.02 Å². The van der Waals surface area contributed by atoms with E-state index in [9.17, 15) is 19.4 Å². The van der Waals surface area contributed by atoms with E-state index >= 15 is 0 Å². The Morgan fingerprint density at radius 2 is 1.85 bits per heavy atom. The maximum absolute atomic E-state index is 13.9. The highest BCUT2D eigenvalue weighted by molar-refractivity contribution is 6.35. The fourth-order valence-electron chi connectivity index (χ4n) is 7.12. The van der Waals surface area contributed by atoms with Gasteiger partial charge in [-0.15, -0.1) is 6.58 Å². The van der Waals surface area contributed by atoms with Crippen molar-refractivity contribution in [2.75, 3.05) is 13.7 Å². The highest BCUT2D eigenvalue weighted by Crippen LogP contribution is 2.44. The molecule has 6 aromatic rings. The lowest BCUT2D eigenvalue weighted by atomic mass is 9.94. The van der Waals surface area contributed by atoms with Gasteiger partial charge in [0.25, 0.3) is 0 Å². The average molecular weight is 728 g/mol. The number of rotatable bonds is 14. The maximum atomic E-state index is 13.9. The van der Waals surface area contributed by atoms with Gasteiger partial charge in [0, 0.05) is 71.1 Å². The van der Waals surface area contributed by atoms with Crippen molar-refractivity contribution in [3.8, 4) is 16.9 Å². The molecule has 0 fully saturated rings. The summed E-state index contributed by atoms with van der Waals surface area (Å²) >= 11 is 7.03. The number of aliphatic hydroxyl groups is 1. The van der Waals surface area contributed by atoms with Gasteiger partial charge in [0.2, 0.25) is 0 Å². The molecule has 0 bridgehead atoms. The van der Waals surface area contributed by atoms with Crippen LogP contribution in [0.25, 0.3) is 32.8 Å². The van der Waals surface area contributed by atoms with Gasteiger partial charge in [0.05, 0.1) is 25.1 Å². The third-order valence-electron chi connectivity index (χ3n) is 9.72. The van der Waals surface area contributed by atoms with Gasteiger partial charge >= 0.3 is 5.97 Å². The van der Waals surface area contributed by atoms with Crippen LogP contribution in [0.3, 0.4) is 0 Å². The Bertz CT molecular complexity index is 2310. The fraction of sp³-hybridized carbons (Fsp3) is 0.325. The first-order chi connectivity index (χ1) is 25.0. The molecule has 12 heteroatoms. The van der Waals surface area contributed by atoms with Gasteiger partial charge in [0.15, 0.2) is 0 Å². The van der Waals surface area contributed by atoms with Gasteiger partial charge in [-0.3, -0.25) is 9.36 Å². The molecule has 3 aromatic carbocycles. The second-order valence-corrected chi connectivity index (χ2v) is 13.4. The van der Waals surface area contributed by atoms with Crippen molar-refractivity contribution in [2.45, 2.75) is 58.8 Å². The lowest BCUT2D eigenvalue weighted by molar-refractivity contribution is 0.0368. The van der Waals surface area contributed by atoms with Crippen molar-refractivity contribution in [3.63, 3.8) is 0 Å². The smallest absolute Gasteiger partial charge is 0.354 e. The number of aliphatic hydroxyl groups excluding tert-OH is 1. The molecule has 0 saturated carbocycles. The second-order valence-electron chi connectivity index (χ2n) is 13.0. The summed E-state index contributed by atoms with van der Waals surface area (Å²) in [7, 11) is 5.11. The molecule has 10 nitrogen and oxygen atoms in total. The summed E-state index contributed by atoms with van der Waals surface area (Å²) in [6.07, 6.45) is 3.49. The topological polar surface area (TPSA) is 117 Å². The molecule has 1 atom stereocenters. The number of hydrogen-bond acceptors (Lipinski definition) is 7. The van der Waals surface area contributed by atoms with Gasteiger partial charge in [0.1, 0.15) is 23.4 Å². The van der Waals surface area contributed by atoms with Crippen molar-refractivity contribution in [1.82, 2.24) is 24.1 Å². The van der Waals surface area contributed by atoms with Gasteiger partial charge in [-0.05, 0) is 98.5 Å². The highest BCUT2D eigenvalue weighted by Gasteiger charge is 2.30. The molecule has 3 heterocycles. The first kappa shape index (κ1) is 36.8. The minimum absolute atomic E-state index is 0.0265. The molecule has 0 saturated heterocycles. The Balaban J connectivity index is 1.31. The number of nitrogens with zero attached hydrogens (tertiary/aromatic N) is 5. The number of fused-ring (bicyclic) bond motifs is 2. The number of aromatic nitrogens is 5. The number of aryl methyl sites for hydroxylation is 6. The Kier molecular flexibility index (Phi) is 10.9. The molecule has 6 rings (SSSR count). The Morgan fingerprint density at radius 3 is 2.58 bits per heavy atom. The number of aromatic hydroxyl groups is 1. The Morgan fingerprint density at radius 1 is 1.06 bits per heavy atom. The molecule has 272 valence electrons. The molecule has 0 spiro atoms. The summed E-state index contributed by atoms with van der Waals surface area (Å²) in [5.74, 6) is -0.690. The van der Waals surface area contributed by atoms with E-state index in [4.69, 9.17) is 31.3 Å². The van der Waals surface area contributed by atoms with E-state index in [1.165, 1.54) is 19.2 Å². The number of phenols is 1. The first-order valence-corrected chi connectivity index (χ1v) is 17.5. The largest absolute Gasteiger partial charge is 0.507 e. The van der Waals surface area contributed by atoms with Crippen LogP contribution in [0.15, 0.2) is 61.2 Å². The molecule has 3 aromatic heterocycles. The van der Waals surface area contributed by atoms with E-state index in [2.05, 4.69) is 6.58 Å². The van der Waals surface area contributed by atoms with Crippen molar-refractivity contribution in [3.05, 3.63) is 112 Å². The van der Waals surface area contributed by atoms with E-state index in [-0.39, 0.29) is 24.8 Å². The number of phenolic OH excluding ortho intramolecular Hbond substituents is 1. The zero-order chi connectivity index (χ0) is 37.3. The third kappa shape index (κ3) is 6.96. The number of esters is 1. The van der Waals surface area contributed by atoms with Crippen LogP contribution in [-0.4, -0.2) is 54.0 Å². The van der Waals surface area contributed by atoms with Crippen molar-refractivity contribution >= 4 is 39.2 Å². The molecule has 0 radical (unpaired) electrons. The van der Waals surface area contributed by atoms with Crippen molar-refractivity contribution in [2.24, 2.45) is 14.1 Å². The maximum Gasteiger partial charge on any atom is 0.354 e. The molecule has 0 aliphatic heterocycles. The van der Waals surface area contributed by atoms with Gasteiger partial charge in [-0.1, -0.05) is 23.7 Å². The number of ether oxygens (including phenoxy) is 2. The van der Waals surface area contributed by atoms with E-state index in [1.807, 2.05) is 61.5 Å². The predicted octanol–water partition coefficient (Wildman–Crippen LogP) is 7.83. The van der Waals surface area contributed by atoms with Crippen molar-refractivity contribution in [1.29, 1.82) is 0 Å². The zero-order valence-corrected chi connectivity index (χ0v) is 30.8. The summed E-state index contributed by atoms with van der Waals surface area (Å²) in [5.41, 5.74) is 7.64. The quantitative estimate of drug-likeness (QED) is 0.0868. The van der Waals surface area contributed by atoms with Crippen LogP contribution in [0.1, 0.15) is 63.3 Å². The summed E-state index contributed by atoms with van der Waals surface area (Å²) < 4.78 is 31.1. The average Bonchev–Trinajstić information content (AvgIpc) is 3.73. The standard InChI is InChI=1S/C40H43ClFN5O5/c1-7-9-34(52-22-28-21-29(46(5)43-28)12-10-25-18-26-20-27(42)11-13-30(26)33(49)19-25)38-36(24(3)45(4)44-38)37-31(41)14-15-32-35(37)23(2)39(40(50)51-6)47(32)16-8-17-48/h7,11,13-15,18-21,34,48-49H,1,8-10,12,16-17,22H2,2-6H3. The zero-order valence-electron chi connectivity index (χ0n) is 30.0. The van der Waals surface area contributed by atoms with E-state index in [1.54, 1.807) is 22.9 Å². The molecule has 0 aliphatic rings. The third-order valence-corrected chi connectivity index (χ3v) is 10.0. The molecular weight excluding hydrogens is 685 g/mol. The number of carbonyl (C=O) groups is 1. The molecule has 0 amide bonds. The fourth-order valence-corrected chi connectivity index (χ4v) is 7.37. The molecular formula is C40H43ClFN5O5. The van der Waals surface area contributed by atoms with E-state index < -0.39 is 12.1 Å². The van der Waals surface area contributed by atoms with Gasteiger partial charge < -0.3 is 24.3 Å². The van der Waals surface area contributed by atoms with E-state index in [0.717, 1.165) is 50.2 Å². The molecule has 0 aliphatic carbocycles. The summed E-state index contributed by atoms with van der Waals surface area (Å²) in [6, 6.07) is 13.7. The summed E-state index contributed by atoms with van der Waals surface area (Å²) in [6.45, 7) is 8.45. The van der Waals surface area contributed by atoms with Crippen LogP contribution in [0.4, 0.5) is 4.39 Å². The monoisotopic (exact) mass is 727 g/mol. The van der Waals surface area contributed by atoms with Crippen molar-refractivity contribution < 1.29 is 28.9 Å². The van der Waals surface area contributed by atoms with Crippen LogP contribution >= 0.6 is 11.6 Å². The van der Waals surface area contributed by atoms with Crippen LogP contribution in [-0.2, 0) is 49.6 Å². The molecule has 2 N–H and O–H groups in total. The lowest BCUT2D eigenvalue weighted by Gasteiger charge is -2.17. The molecule has 52 heavy (non-hydrogen) atoms. The minimum atomic E-state index is -0.498. The van der Waals surface area contributed by atoms with Crippen LogP contribution < -0.4 is 0 Å². The van der Waals surface area contributed by atoms with Gasteiger partial charge in [-0.2, -0.15) is 10.2 Å². The summed E-state index contributed by atoms with van der Waals surface area (Å²) in [4.78, 5) is 13.1. The second kappa shape index (κ2) is 15.3. The summed E-state index contributed by atoms with van der Waals surface area (Å²) in [5, 5.41) is 32.4. The lowest BCUT2D eigenvalue weighted by Crippen LogP contribution is -2.12. The van der Waals surface area contributed by atoms with E-state index in [0.29, 0.717) is 59.4 Å². The number of carbonyl (C=O) groups excluding carboxylic acids is 1. The number of hydrogen-bond donors (Lipinski definition) is 2. The predicted molar refractivity (Wildman–Crippen MR) is 200 cm³/mol. The van der Waals surface area contributed by atoms with Crippen LogP contribution in [0, 0.1) is 19.7 Å². The number of methoxy groups -OCH3 is 1. The van der Waals surface area contributed by atoms with Gasteiger partial charge in [-0.25, -0.2) is 9.18 Å². The Labute approximate surface area is 306 Å². The number of halogens is 2. The number of benzene rings is 3. The Hall–Kier alpha value is -4.97. The minimum Gasteiger partial charge on any atom is -0.507 e.